The van der Waals surface area contributed by atoms with Gasteiger partial charge >= 0.3 is 6.09 Å². The lowest BCUT2D eigenvalue weighted by Gasteiger charge is -2.31. The van der Waals surface area contributed by atoms with E-state index in [1.807, 2.05) is 6.92 Å². The predicted octanol–water partition coefficient (Wildman–Crippen LogP) is 1.64. The number of hydrogen-bond donors (Lipinski definition) is 2. The van der Waals surface area contributed by atoms with Crippen molar-refractivity contribution in [2.24, 2.45) is 0 Å². The highest BCUT2D eigenvalue weighted by Crippen LogP contribution is 2.29. The van der Waals surface area contributed by atoms with Crippen molar-refractivity contribution in [3.63, 3.8) is 0 Å². The van der Waals surface area contributed by atoms with Gasteiger partial charge in [-0.05, 0) is 19.8 Å². The predicted molar refractivity (Wildman–Crippen MR) is 98.5 cm³/mol. The molecule has 0 atom stereocenters. The Bertz CT molecular complexity index is 843. The average molecular weight is 376 g/mol. The van der Waals surface area contributed by atoms with E-state index in [9.17, 15) is 9.59 Å². The Morgan fingerprint density at radius 1 is 1.37 bits per heavy atom. The molecule has 2 amide bonds. The molecule has 1 aliphatic rings. The lowest BCUT2D eigenvalue weighted by molar-refractivity contribution is -0.0756. The molecule has 0 spiro atoms. The van der Waals surface area contributed by atoms with Crippen LogP contribution in [0.5, 0.6) is 0 Å². The summed E-state index contributed by atoms with van der Waals surface area (Å²) in [6.07, 6.45) is 3.64. The lowest BCUT2D eigenvalue weighted by atomic mass is 10.0. The minimum atomic E-state index is -0.901. The van der Waals surface area contributed by atoms with Gasteiger partial charge in [0.25, 0.3) is 5.91 Å². The Labute approximate surface area is 156 Å². The summed E-state index contributed by atoms with van der Waals surface area (Å²) >= 11 is 0. The molecule has 146 valence electrons. The largest absolute Gasteiger partial charge is 0.465 e. The molecular formula is C17H24N6O4. The van der Waals surface area contributed by atoms with Crippen molar-refractivity contribution in [1.82, 2.24) is 24.7 Å². The van der Waals surface area contributed by atoms with Crippen LogP contribution in [0, 0.1) is 0 Å². The molecule has 2 aromatic heterocycles. The Morgan fingerprint density at radius 2 is 2.07 bits per heavy atom. The van der Waals surface area contributed by atoms with E-state index in [1.165, 1.54) is 25.3 Å². The minimum Gasteiger partial charge on any atom is -0.465 e. The zero-order valence-electron chi connectivity index (χ0n) is 15.7. The van der Waals surface area contributed by atoms with Gasteiger partial charge in [0.2, 0.25) is 0 Å². The lowest BCUT2D eigenvalue weighted by Crippen LogP contribution is -2.42. The maximum Gasteiger partial charge on any atom is 0.407 e. The second-order valence-corrected chi connectivity index (χ2v) is 6.42. The van der Waals surface area contributed by atoms with Crippen LogP contribution in [0.25, 0.3) is 11.0 Å². The molecule has 0 aliphatic carbocycles. The molecule has 1 aliphatic heterocycles. The first kappa shape index (κ1) is 18.9. The van der Waals surface area contributed by atoms with Gasteiger partial charge in [-0.25, -0.2) is 19.5 Å². The summed E-state index contributed by atoms with van der Waals surface area (Å²) in [5.41, 5.74) is 1.74. The monoisotopic (exact) mass is 376 g/mol. The van der Waals surface area contributed by atoms with E-state index < -0.39 is 6.09 Å². The van der Waals surface area contributed by atoms with Crippen molar-refractivity contribution < 1.29 is 19.5 Å². The second kappa shape index (κ2) is 7.78. The minimum absolute atomic E-state index is 0.0515. The van der Waals surface area contributed by atoms with Crippen LogP contribution in [0.4, 0.5) is 10.5 Å². The molecule has 0 aromatic carbocycles. The van der Waals surface area contributed by atoms with E-state index in [2.05, 4.69) is 15.4 Å². The maximum absolute atomic E-state index is 12.7. The van der Waals surface area contributed by atoms with Crippen LogP contribution < -0.4 is 5.32 Å². The van der Waals surface area contributed by atoms with E-state index >= 15 is 0 Å². The van der Waals surface area contributed by atoms with Crippen molar-refractivity contribution in [1.29, 1.82) is 0 Å². The van der Waals surface area contributed by atoms with Crippen LogP contribution in [0.2, 0.25) is 0 Å². The number of likely N-dealkylation sites (tertiary alicyclic amines) is 1. The standard InChI is InChI=1S/C17H24N6O4/c1-4-23-15-12(10-19-23)14(13(9-18-15)16(24)21(2)27-3)20-11-5-7-22(8-6-11)17(25)26/h9-11H,4-8H2,1-3H3,(H,18,20)(H,25,26). The molecule has 3 rings (SSSR count). The molecule has 0 bridgehead atoms. The topological polar surface area (TPSA) is 113 Å². The van der Waals surface area contributed by atoms with Crippen LogP contribution in [0.3, 0.4) is 0 Å². The molecule has 1 fully saturated rings. The highest BCUT2D eigenvalue weighted by molar-refractivity contribution is 6.06. The van der Waals surface area contributed by atoms with Crippen LogP contribution in [0.1, 0.15) is 30.1 Å². The number of fused-ring (bicyclic) bond motifs is 1. The van der Waals surface area contributed by atoms with Gasteiger partial charge in [-0.15, -0.1) is 0 Å². The van der Waals surface area contributed by atoms with Crippen molar-refractivity contribution in [2.45, 2.75) is 32.4 Å². The first-order valence-corrected chi connectivity index (χ1v) is 8.87. The first-order valence-electron chi connectivity index (χ1n) is 8.87. The fourth-order valence-corrected chi connectivity index (χ4v) is 3.25. The zero-order valence-corrected chi connectivity index (χ0v) is 15.7. The molecule has 0 saturated carbocycles. The third kappa shape index (κ3) is 3.65. The van der Waals surface area contributed by atoms with E-state index in [4.69, 9.17) is 9.94 Å². The Balaban J connectivity index is 1.94. The summed E-state index contributed by atoms with van der Waals surface area (Å²) in [5, 5.41) is 18.8. The third-order valence-corrected chi connectivity index (χ3v) is 4.87. The number of aryl methyl sites for hydroxylation is 1. The molecule has 2 N–H and O–H groups in total. The number of carboxylic acid groups (broad SMARTS) is 1. The molecule has 27 heavy (non-hydrogen) atoms. The number of pyridine rings is 1. The molecule has 3 heterocycles. The SMILES string of the molecule is CCn1ncc2c(NC3CCN(C(=O)O)CC3)c(C(=O)N(C)OC)cnc21. The Hall–Kier alpha value is -2.88. The van der Waals surface area contributed by atoms with Crippen molar-refractivity contribution in [3.05, 3.63) is 18.0 Å². The van der Waals surface area contributed by atoms with Gasteiger partial charge in [0.05, 0.1) is 29.9 Å². The summed E-state index contributed by atoms with van der Waals surface area (Å²) in [5.74, 6) is -0.318. The van der Waals surface area contributed by atoms with Gasteiger partial charge in [0.15, 0.2) is 5.65 Å². The second-order valence-electron chi connectivity index (χ2n) is 6.42. The van der Waals surface area contributed by atoms with Gasteiger partial charge in [-0.1, -0.05) is 0 Å². The fraction of sp³-hybridized carbons (Fsp3) is 0.529. The van der Waals surface area contributed by atoms with Gasteiger partial charge in [-0.3, -0.25) is 9.63 Å². The van der Waals surface area contributed by atoms with Crippen LogP contribution in [0.15, 0.2) is 12.4 Å². The van der Waals surface area contributed by atoms with Crippen molar-refractivity contribution in [2.75, 3.05) is 32.6 Å². The van der Waals surface area contributed by atoms with E-state index in [1.54, 1.807) is 10.9 Å². The van der Waals surface area contributed by atoms with Crippen LogP contribution in [-0.4, -0.2) is 75.1 Å². The number of piperidine rings is 1. The van der Waals surface area contributed by atoms with Gasteiger partial charge in [0, 0.05) is 38.9 Å². The molecule has 1 saturated heterocycles. The number of carbonyl (C=O) groups excluding carboxylic acids is 1. The molecule has 0 unspecified atom stereocenters. The molecule has 2 aromatic rings. The number of hydrogen-bond acceptors (Lipinski definition) is 6. The summed E-state index contributed by atoms with van der Waals surface area (Å²) < 4.78 is 1.77. The summed E-state index contributed by atoms with van der Waals surface area (Å²) in [6.45, 7) is 3.55. The zero-order chi connectivity index (χ0) is 19.6. The highest BCUT2D eigenvalue weighted by Gasteiger charge is 2.26. The summed E-state index contributed by atoms with van der Waals surface area (Å²) in [7, 11) is 2.96. The molecule has 0 radical (unpaired) electrons. The van der Waals surface area contributed by atoms with Crippen molar-refractivity contribution >= 4 is 28.7 Å². The number of nitrogens with one attached hydrogen (secondary N) is 1. The maximum atomic E-state index is 12.7. The van der Waals surface area contributed by atoms with Gasteiger partial charge in [0.1, 0.15) is 0 Å². The van der Waals surface area contributed by atoms with E-state index in [0.29, 0.717) is 49.4 Å². The van der Waals surface area contributed by atoms with E-state index in [-0.39, 0.29) is 11.9 Å². The number of anilines is 1. The first-order chi connectivity index (χ1) is 13.0. The number of carbonyl (C=O) groups is 2. The average Bonchev–Trinajstić information content (AvgIpc) is 3.11. The molecule has 10 heteroatoms. The van der Waals surface area contributed by atoms with Gasteiger partial charge in [-0.2, -0.15) is 5.10 Å². The number of amides is 2. The van der Waals surface area contributed by atoms with E-state index in [0.717, 1.165) is 10.4 Å². The smallest absolute Gasteiger partial charge is 0.407 e. The third-order valence-electron chi connectivity index (χ3n) is 4.87. The number of nitrogens with zero attached hydrogens (tertiary/aromatic N) is 5. The van der Waals surface area contributed by atoms with Crippen LogP contribution >= 0.6 is 0 Å². The van der Waals surface area contributed by atoms with Crippen molar-refractivity contribution in [3.8, 4) is 0 Å². The molecule has 10 nitrogen and oxygen atoms in total. The van der Waals surface area contributed by atoms with Gasteiger partial charge < -0.3 is 15.3 Å². The van der Waals surface area contributed by atoms with Crippen LogP contribution in [-0.2, 0) is 11.4 Å². The quantitative estimate of drug-likeness (QED) is 0.763. The normalized spacial score (nSPS) is 15.1. The summed E-state index contributed by atoms with van der Waals surface area (Å²) in [4.78, 5) is 34.6. The number of aromatic nitrogens is 3. The summed E-state index contributed by atoms with van der Waals surface area (Å²) in [6, 6.07) is 0.0515. The molecular weight excluding hydrogens is 352 g/mol. The Kier molecular flexibility index (Phi) is 5.45. The number of hydroxylamine groups is 2. The highest BCUT2D eigenvalue weighted by atomic mass is 16.7. The number of rotatable bonds is 5. The fourth-order valence-electron chi connectivity index (χ4n) is 3.25. The Morgan fingerprint density at radius 3 is 2.67 bits per heavy atom.